The standard InChI is InChI=1S/C45H28N4/c1-3-14-29(15-4-1)32-19-13-20-33(28-32)44-46-43(31-17-5-2-6-18-31)47-45(48-44)49-39-25-12-11-24-37(39)41-36-23-10-9-22-35(36)40-34-21-8-7-16-30(34)26-27-38(40)42(41)49/h1-28H. The van der Waals surface area contributed by atoms with Gasteiger partial charge in [-0.1, -0.05) is 158 Å². The number of benzene rings is 8. The molecule has 0 aliphatic rings. The average molecular weight is 625 g/mol. The fraction of sp³-hybridized carbons (Fsp3) is 0. The zero-order chi connectivity index (χ0) is 32.3. The molecule has 0 fully saturated rings. The molecule has 0 bridgehead atoms. The predicted molar refractivity (Wildman–Crippen MR) is 203 cm³/mol. The van der Waals surface area contributed by atoms with E-state index in [1.165, 1.54) is 32.3 Å². The summed E-state index contributed by atoms with van der Waals surface area (Å²) in [5, 5.41) is 9.66. The molecular formula is C45H28N4. The normalized spacial score (nSPS) is 11.7. The van der Waals surface area contributed by atoms with E-state index < -0.39 is 0 Å². The Morgan fingerprint density at radius 2 is 0.918 bits per heavy atom. The zero-order valence-corrected chi connectivity index (χ0v) is 26.5. The SMILES string of the molecule is c1ccc(-c2cccc(-c3nc(-c4ccccc4)nc(-n4c5ccccc5c5c6ccccc6c6c7ccccc7ccc6c54)n3)c2)cc1. The summed E-state index contributed by atoms with van der Waals surface area (Å²) < 4.78 is 2.26. The molecule has 0 unspecified atom stereocenters. The molecule has 228 valence electrons. The molecule has 0 aliphatic carbocycles. The van der Waals surface area contributed by atoms with Gasteiger partial charge in [0.15, 0.2) is 11.6 Å². The van der Waals surface area contributed by atoms with Crippen molar-refractivity contribution in [3.8, 4) is 39.9 Å². The second kappa shape index (κ2) is 11.0. The van der Waals surface area contributed by atoms with Crippen LogP contribution < -0.4 is 0 Å². The van der Waals surface area contributed by atoms with Crippen LogP contribution >= 0.6 is 0 Å². The van der Waals surface area contributed by atoms with Crippen LogP contribution in [0.3, 0.4) is 0 Å². The van der Waals surface area contributed by atoms with Gasteiger partial charge in [-0.25, -0.2) is 4.98 Å². The van der Waals surface area contributed by atoms with Crippen LogP contribution in [0.5, 0.6) is 0 Å². The summed E-state index contributed by atoms with van der Waals surface area (Å²) in [5.74, 6) is 1.85. The van der Waals surface area contributed by atoms with Gasteiger partial charge in [-0.3, -0.25) is 4.57 Å². The van der Waals surface area contributed by atoms with Crippen LogP contribution in [0.1, 0.15) is 0 Å². The largest absolute Gasteiger partial charge is 0.277 e. The van der Waals surface area contributed by atoms with Crippen LogP contribution in [0.25, 0.3) is 94.0 Å². The molecule has 8 aromatic carbocycles. The molecule has 0 atom stereocenters. The first-order valence-corrected chi connectivity index (χ1v) is 16.5. The Morgan fingerprint density at radius 3 is 1.69 bits per heavy atom. The lowest BCUT2D eigenvalue weighted by Gasteiger charge is -2.14. The van der Waals surface area contributed by atoms with Crippen molar-refractivity contribution in [1.29, 1.82) is 0 Å². The number of nitrogens with zero attached hydrogens (tertiary/aromatic N) is 4. The smallest absolute Gasteiger partial charge is 0.238 e. The summed E-state index contributed by atoms with van der Waals surface area (Å²) in [5.41, 5.74) is 6.28. The van der Waals surface area contributed by atoms with Crippen LogP contribution in [0, 0.1) is 0 Å². The van der Waals surface area contributed by atoms with Gasteiger partial charge in [-0.15, -0.1) is 0 Å². The van der Waals surface area contributed by atoms with Gasteiger partial charge in [0.25, 0.3) is 0 Å². The van der Waals surface area contributed by atoms with Gasteiger partial charge >= 0.3 is 0 Å². The number of hydrogen-bond acceptors (Lipinski definition) is 3. The van der Waals surface area contributed by atoms with Crippen LogP contribution in [-0.4, -0.2) is 19.5 Å². The highest BCUT2D eigenvalue weighted by Gasteiger charge is 2.22. The van der Waals surface area contributed by atoms with Crippen molar-refractivity contribution in [2.45, 2.75) is 0 Å². The topological polar surface area (TPSA) is 43.6 Å². The summed E-state index contributed by atoms with van der Waals surface area (Å²) in [6.07, 6.45) is 0. The number of para-hydroxylation sites is 1. The van der Waals surface area contributed by atoms with Crippen molar-refractivity contribution >= 4 is 54.1 Å². The predicted octanol–water partition coefficient (Wildman–Crippen LogP) is 11.4. The van der Waals surface area contributed by atoms with E-state index in [9.17, 15) is 0 Å². The van der Waals surface area contributed by atoms with Gasteiger partial charge in [0.05, 0.1) is 11.0 Å². The van der Waals surface area contributed by atoms with E-state index in [0.29, 0.717) is 17.6 Å². The van der Waals surface area contributed by atoms with E-state index in [4.69, 9.17) is 15.0 Å². The Bertz CT molecular complexity index is 2870. The lowest BCUT2D eigenvalue weighted by Crippen LogP contribution is -2.06. The fourth-order valence-corrected chi connectivity index (χ4v) is 7.43. The maximum Gasteiger partial charge on any atom is 0.238 e. The van der Waals surface area contributed by atoms with E-state index in [1.807, 2.05) is 24.3 Å². The maximum absolute atomic E-state index is 5.30. The third-order valence-electron chi connectivity index (χ3n) is 9.61. The molecule has 4 heteroatoms. The zero-order valence-electron chi connectivity index (χ0n) is 26.5. The quantitative estimate of drug-likeness (QED) is 0.183. The van der Waals surface area contributed by atoms with Crippen molar-refractivity contribution in [2.24, 2.45) is 0 Å². The van der Waals surface area contributed by atoms with Crippen molar-refractivity contribution in [1.82, 2.24) is 19.5 Å². The van der Waals surface area contributed by atoms with Crippen LogP contribution in [0.2, 0.25) is 0 Å². The molecule has 0 radical (unpaired) electrons. The van der Waals surface area contributed by atoms with Gasteiger partial charge in [-0.05, 0) is 50.2 Å². The highest BCUT2D eigenvalue weighted by molar-refractivity contribution is 6.35. The van der Waals surface area contributed by atoms with E-state index >= 15 is 0 Å². The van der Waals surface area contributed by atoms with E-state index in [0.717, 1.165) is 44.1 Å². The Labute approximate surface area is 282 Å². The molecule has 10 aromatic rings. The van der Waals surface area contributed by atoms with Gasteiger partial charge in [0, 0.05) is 27.3 Å². The maximum atomic E-state index is 5.30. The molecule has 2 aromatic heterocycles. The number of aromatic nitrogens is 4. The van der Waals surface area contributed by atoms with Crippen molar-refractivity contribution in [2.75, 3.05) is 0 Å². The molecule has 0 saturated carbocycles. The van der Waals surface area contributed by atoms with Gasteiger partial charge in [0.2, 0.25) is 5.95 Å². The number of rotatable bonds is 4. The minimum atomic E-state index is 0.588. The molecule has 0 saturated heterocycles. The third-order valence-corrected chi connectivity index (χ3v) is 9.61. The number of hydrogen-bond donors (Lipinski definition) is 0. The van der Waals surface area contributed by atoms with E-state index in [1.54, 1.807) is 0 Å². The lowest BCUT2D eigenvalue weighted by atomic mass is 9.93. The molecule has 0 amide bonds. The fourth-order valence-electron chi connectivity index (χ4n) is 7.43. The Kier molecular flexibility index (Phi) is 6.15. The lowest BCUT2D eigenvalue weighted by molar-refractivity contribution is 0.955. The monoisotopic (exact) mass is 624 g/mol. The highest BCUT2D eigenvalue weighted by atomic mass is 15.2. The minimum Gasteiger partial charge on any atom is -0.277 e. The average Bonchev–Trinajstić information content (AvgIpc) is 3.54. The molecule has 0 N–H and O–H groups in total. The summed E-state index contributed by atoms with van der Waals surface area (Å²) >= 11 is 0. The molecule has 10 rings (SSSR count). The van der Waals surface area contributed by atoms with Gasteiger partial charge in [0.1, 0.15) is 0 Å². The Balaban J connectivity index is 1.35. The summed E-state index contributed by atoms with van der Waals surface area (Å²) in [6.45, 7) is 0. The molecular weight excluding hydrogens is 597 g/mol. The second-order valence-electron chi connectivity index (χ2n) is 12.4. The minimum absolute atomic E-state index is 0.588. The third kappa shape index (κ3) is 4.35. The first kappa shape index (κ1) is 27.5. The van der Waals surface area contributed by atoms with Gasteiger partial charge in [-0.2, -0.15) is 9.97 Å². The van der Waals surface area contributed by atoms with E-state index in [2.05, 4.69) is 150 Å². The Hall–Kier alpha value is -6.65. The summed E-state index contributed by atoms with van der Waals surface area (Å²) in [4.78, 5) is 15.6. The Morgan fingerprint density at radius 1 is 0.347 bits per heavy atom. The molecule has 0 spiro atoms. The molecule has 0 aliphatic heterocycles. The van der Waals surface area contributed by atoms with Crippen LogP contribution in [0.4, 0.5) is 0 Å². The molecule has 2 heterocycles. The van der Waals surface area contributed by atoms with E-state index in [-0.39, 0.29) is 0 Å². The number of fused-ring (bicyclic) bond motifs is 10. The van der Waals surface area contributed by atoms with Crippen molar-refractivity contribution < 1.29 is 0 Å². The first-order chi connectivity index (χ1) is 24.3. The summed E-state index contributed by atoms with van der Waals surface area (Å²) in [6, 6.07) is 59.7. The highest BCUT2D eigenvalue weighted by Crippen LogP contribution is 2.44. The van der Waals surface area contributed by atoms with Crippen molar-refractivity contribution in [3.63, 3.8) is 0 Å². The first-order valence-electron chi connectivity index (χ1n) is 16.5. The summed E-state index contributed by atoms with van der Waals surface area (Å²) in [7, 11) is 0. The van der Waals surface area contributed by atoms with Gasteiger partial charge < -0.3 is 0 Å². The molecule has 4 nitrogen and oxygen atoms in total. The van der Waals surface area contributed by atoms with Crippen LogP contribution in [0.15, 0.2) is 170 Å². The van der Waals surface area contributed by atoms with Crippen molar-refractivity contribution in [3.05, 3.63) is 170 Å². The molecule has 49 heavy (non-hydrogen) atoms. The van der Waals surface area contributed by atoms with Crippen LogP contribution in [-0.2, 0) is 0 Å². The second-order valence-corrected chi connectivity index (χ2v) is 12.4.